The molecule has 0 radical (unpaired) electrons. The van der Waals surface area contributed by atoms with Crippen molar-refractivity contribution in [3.63, 3.8) is 0 Å². The molecule has 0 aliphatic carbocycles. The molecule has 1 N–H and O–H groups in total. The van der Waals surface area contributed by atoms with Crippen LogP contribution in [0.5, 0.6) is 0 Å². The Morgan fingerprint density at radius 3 is 3.00 bits per heavy atom. The summed E-state index contributed by atoms with van der Waals surface area (Å²) in [6.07, 6.45) is 3.31. The first-order valence-electron chi connectivity index (χ1n) is 5.19. The SMILES string of the molecule is CCn1ncc(Cl)c1C(NC)c1ccco1. The Balaban J connectivity index is 2.44. The third kappa shape index (κ3) is 1.86. The van der Waals surface area contributed by atoms with Crippen molar-refractivity contribution in [2.75, 3.05) is 7.05 Å². The average molecular weight is 240 g/mol. The number of halogens is 1. The molecule has 0 bridgehead atoms. The Hall–Kier alpha value is -1.26. The van der Waals surface area contributed by atoms with Gasteiger partial charge in [-0.05, 0) is 26.1 Å². The van der Waals surface area contributed by atoms with Gasteiger partial charge in [-0.1, -0.05) is 11.6 Å². The molecule has 2 aromatic rings. The van der Waals surface area contributed by atoms with Crippen LogP contribution in [0.3, 0.4) is 0 Å². The summed E-state index contributed by atoms with van der Waals surface area (Å²) < 4.78 is 7.27. The molecule has 0 aliphatic rings. The van der Waals surface area contributed by atoms with E-state index in [2.05, 4.69) is 10.4 Å². The number of nitrogens with zero attached hydrogens (tertiary/aromatic N) is 2. The first-order chi connectivity index (χ1) is 7.77. The Bertz CT molecular complexity index is 450. The van der Waals surface area contributed by atoms with Gasteiger partial charge < -0.3 is 9.73 Å². The van der Waals surface area contributed by atoms with Crippen LogP contribution in [0, 0.1) is 0 Å². The van der Waals surface area contributed by atoms with Crippen LogP contribution in [0.25, 0.3) is 0 Å². The number of aryl methyl sites for hydroxylation is 1. The number of nitrogens with one attached hydrogen (secondary N) is 1. The molecule has 0 saturated carbocycles. The zero-order chi connectivity index (χ0) is 11.5. The van der Waals surface area contributed by atoms with Crippen LogP contribution in [-0.2, 0) is 6.54 Å². The first-order valence-corrected chi connectivity index (χ1v) is 5.57. The molecule has 0 aliphatic heterocycles. The smallest absolute Gasteiger partial charge is 0.126 e. The van der Waals surface area contributed by atoms with Crippen LogP contribution in [0.2, 0.25) is 5.02 Å². The molecule has 5 heteroatoms. The van der Waals surface area contributed by atoms with Crippen molar-refractivity contribution in [2.24, 2.45) is 0 Å². The molecule has 0 amide bonds. The van der Waals surface area contributed by atoms with E-state index in [0.29, 0.717) is 5.02 Å². The predicted molar refractivity (Wildman–Crippen MR) is 62.5 cm³/mol. The molecule has 1 unspecified atom stereocenters. The summed E-state index contributed by atoms with van der Waals surface area (Å²) >= 11 is 6.15. The molecular weight excluding hydrogens is 226 g/mol. The molecular formula is C11H14ClN3O. The highest BCUT2D eigenvalue weighted by Gasteiger charge is 2.22. The number of furan rings is 1. The van der Waals surface area contributed by atoms with E-state index in [0.717, 1.165) is 18.0 Å². The summed E-state index contributed by atoms with van der Waals surface area (Å²) in [5, 5.41) is 8.05. The number of hydrogen-bond acceptors (Lipinski definition) is 3. The lowest BCUT2D eigenvalue weighted by atomic mass is 10.1. The van der Waals surface area contributed by atoms with Crippen LogP contribution in [0.4, 0.5) is 0 Å². The van der Waals surface area contributed by atoms with Crippen molar-refractivity contribution in [2.45, 2.75) is 19.5 Å². The topological polar surface area (TPSA) is 43.0 Å². The summed E-state index contributed by atoms with van der Waals surface area (Å²) in [5.41, 5.74) is 0.932. The van der Waals surface area contributed by atoms with Crippen LogP contribution >= 0.6 is 11.6 Å². The van der Waals surface area contributed by atoms with Gasteiger partial charge in [0.1, 0.15) is 11.8 Å². The van der Waals surface area contributed by atoms with E-state index in [-0.39, 0.29) is 6.04 Å². The molecule has 1 atom stereocenters. The van der Waals surface area contributed by atoms with E-state index in [1.807, 2.05) is 30.8 Å². The summed E-state index contributed by atoms with van der Waals surface area (Å²) in [4.78, 5) is 0. The fraction of sp³-hybridized carbons (Fsp3) is 0.364. The minimum absolute atomic E-state index is 0.0649. The fourth-order valence-electron chi connectivity index (χ4n) is 1.78. The van der Waals surface area contributed by atoms with Crippen molar-refractivity contribution in [3.05, 3.63) is 41.1 Å². The lowest BCUT2D eigenvalue weighted by Gasteiger charge is -2.15. The van der Waals surface area contributed by atoms with Gasteiger partial charge in [-0.3, -0.25) is 4.68 Å². The molecule has 2 rings (SSSR count). The van der Waals surface area contributed by atoms with Gasteiger partial charge >= 0.3 is 0 Å². The van der Waals surface area contributed by atoms with Crippen LogP contribution in [0.1, 0.15) is 24.4 Å². The second-order valence-electron chi connectivity index (χ2n) is 3.43. The van der Waals surface area contributed by atoms with Gasteiger partial charge in [0.25, 0.3) is 0 Å². The second kappa shape index (κ2) is 4.72. The molecule has 2 heterocycles. The third-order valence-corrected chi connectivity index (χ3v) is 2.81. The van der Waals surface area contributed by atoms with E-state index >= 15 is 0 Å². The molecule has 0 saturated heterocycles. The van der Waals surface area contributed by atoms with Gasteiger partial charge in [0, 0.05) is 6.54 Å². The Labute approximate surface area is 99.2 Å². The average Bonchev–Trinajstić information content (AvgIpc) is 2.91. The minimum Gasteiger partial charge on any atom is -0.467 e. The second-order valence-corrected chi connectivity index (χ2v) is 3.84. The summed E-state index contributed by atoms with van der Waals surface area (Å²) in [5.74, 6) is 0.833. The standard InChI is InChI=1S/C11H14ClN3O/c1-3-15-11(8(12)7-14-15)10(13-2)9-5-4-6-16-9/h4-7,10,13H,3H2,1-2H3. The molecule has 2 aromatic heterocycles. The molecule has 0 fully saturated rings. The van der Waals surface area contributed by atoms with Gasteiger partial charge in [-0.15, -0.1) is 0 Å². The molecule has 0 spiro atoms. The summed E-state index contributed by atoms with van der Waals surface area (Å²) in [6.45, 7) is 2.81. The molecule has 86 valence electrons. The van der Waals surface area contributed by atoms with Crippen LogP contribution in [0.15, 0.2) is 29.0 Å². The maximum Gasteiger partial charge on any atom is 0.126 e. The van der Waals surface area contributed by atoms with E-state index in [1.54, 1.807) is 12.5 Å². The first kappa shape index (κ1) is 11.2. The maximum atomic E-state index is 6.15. The normalized spacial score (nSPS) is 12.9. The number of hydrogen-bond donors (Lipinski definition) is 1. The third-order valence-electron chi connectivity index (χ3n) is 2.52. The van der Waals surface area contributed by atoms with Gasteiger partial charge in [0.15, 0.2) is 0 Å². The zero-order valence-corrected chi connectivity index (χ0v) is 10.0. The van der Waals surface area contributed by atoms with Crippen LogP contribution in [-0.4, -0.2) is 16.8 Å². The summed E-state index contributed by atoms with van der Waals surface area (Å²) in [6, 6.07) is 3.72. The molecule has 4 nitrogen and oxygen atoms in total. The Morgan fingerprint density at radius 1 is 1.62 bits per heavy atom. The van der Waals surface area contributed by atoms with Gasteiger partial charge in [-0.25, -0.2) is 0 Å². The monoisotopic (exact) mass is 239 g/mol. The van der Waals surface area contributed by atoms with E-state index in [4.69, 9.17) is 16.0 Å². The van der Waals surface area contributed by atoms with Gasteiger partial charge in [0.05, 0.1) is 23.2 Å². The Morgan fingerprint density at radius 2 is 2.44 bits per heavy atom. The highest BCUT2D eigenvalue weighted by Crippen LogP contribution is 2.28. The van der Waals surface area contributed by atoms with Crippen molar-refractivity contribution < 1.29 is 4.42 Å². The number of rotatable bonds is 4. The minimum atomic E-state index is -0.0649. The lowest BCUT2D eigenvalue weighted by molar-refractivity contribution is 0.444. The number of aromatic nitrogens is 2. The predicted octanol–water partition coefficient (Wildman–Crippen LogP) is 2.46. The lowest BCUT2D eigenvalue weighted by Crippen LogP contribution is -2.21. The maximum absolute atomic E-state index is 6.15. The summed E-state index contributed by atoms with van der Waals surface area (Å²) in [7, 11) is 1.87. The largest absolute Gasteiger partial charge is 0.467 e. The highest BCUT2D eigenvalue weighted by atomic mass is 35.5. The van der Waals surface area contributed by atoms with E-state index < -0.39 is 0 Å². The highest BCUT2D eigenvalue weighted by molar-refractivity contribution is 6.31. The molecule has 0 aromatic carbocycles. The van der Waals surface area contributed by atoms with Crippen molar-refractivity contribution in [1.29, 1.82) is 0 Å². The Kier molecular flexibility index (Phi) is 3.31. The zero-order valence-electron chi connectivity index (χ0n) is 9.27. The fourth-order valence-corrected chi connectivity index (χ4v) is 2.03. The van der Waals surface area contributed by atoms with Crippen molar-refractivity contribution in [1.82, 2.24) is 15.1 Å². The molecule has 16 heavy (non-hydrogen) atoms. The van der Waals surface area contributed by atoms with E-state index in [9.17, 15) is 0 Å². The van der Waals surface area contributed by atoms with E-state index in [1.165, 1.54) is 0 Å². The van der Waals surface area contributed by atoms with Gasteiger partial charge in [0.2, 0.25) is 0 Å². The van der Waals surface area contributed by atoms with Gasteiger partial charge in [-0.2, -0.15) is 5.10 Å². The quantitative estimate of drug-likeness (QED) is 0.891. The van der Waals surface area contributed by atoms with Crippen molar-refractivity contribution >= 4 is 11.6 Å². The van der Waals surface area contributed by atoms with Crippen molar-refractivity contribution in [3.8, 4) is 0 Å². The van der Waals surface area contributed by atoms with Crippen LogP contribution < -0.4 is 5.32 Å².